The number of hydrogen-bond acceptors (Lipinski definition) is 6. The smallest absolute Gasteiger partial charge is 0.258 e. The molecule has 0 radical (unpaired) electrons. The number of likely N-dealkylation sites (tertiary alicyclic amines) is 1. The number of anilines is 1. The number of hydrogen-bond donors (Lipinski definition) is 1. The number of nitrogens with one attached hydrogen (secondary N) is 1. The summed E-state index contributed by atoms with van der Waals surface area (Å²) in [6, 6.07) is 11.4. The third kappa shape index (κ3) is 4.67. The summed E-state index contributed by atoms with van der Waals surface area (Å²) in [5.41, 5.74) is 4.35. The Hall–Kier alpha value is -4.47. The molecule has 5 heterocycles. The molecule has 0 saturated carbocycles. The fraction of sp³-hybridized carbons (Fsp3) is 0.345. The summed E-state index contributed by atoms with van der Waals surface area (Å²) in [7, 11) is 1.84. The van der Waals surface area contributed by atoms with Crippen LogP contribution in [-0.4, -0.2) is 60.7 Å². The molecule has 0 spiro atoms. The van der Waals surface area contributed by atoms with E-state index < -0.39 is 0 Å². The zero-order chi connectivity index (χ0) is 27.1. The van der Waals surface area contributed by atoms with E-state index in [9.17, 15) is 9.59 Å². The van der Waals surface area contributed by atoms with Crippen LogP contribution in [0.1, 0.15) is 28.9 Å². The molecule has 6 rings (SSSR count). The van der Waals surface area contributed by atoms with E-state index in [1.165, 1.54) is 6.08 Å². The molecule has 4 aromatic rings. The first-order chi connectivity index (χ1) is 18.9. The topological polar surface area (TPSA) is 107 Å². The molecular formula is C29H31N7O3. The second kappa shape index (κ2) is 10.0. The molecule has 2 amide bonds. The van der Waals surface area contributed by atoms with Gasteiger partial charge in [0, 0.05) is 37.9 Å². The summed E-state index contributed by atoms with van der Waals surface area (Å²) in [5, 5.41) is 7.46. The SMILES string of the molecule is C=CC(=O)N1CC([C@@H]2CCCOc3c(cnn3C)-c3cc(cc(C)n3)C(=O)Nc3nc4ccccc4n3C2)C1. The minimum atomic E-state index is -0.262. The molecular weight excluding hydrogens is 494 g/mol. The number of aryl methyl sites for hydroxylation is 2. The highest BCUT2D eigenvalue weighted by molar-refractivity contribution is 6.04. The lowest BCUT2D eigenvalue weighted by molar-refractivity contribution is -0.133. The Kier molecular flexibility index (Phi) is 6.38. The van der Waals surface area contributed by atoms with Gasteiger partial charge in [0.05, 0.1) is 35.1 Å². The van der Waals surface area contributed by atoms with E-state index in [-0.39, 0.29) is 17.7 Å². The summed E-state index contributed by atoms with van der Waals surface area (Å²) < 4.78 is 10.0. The normalized spacial score (nSPS) is 18.2. The van der Waals surface area contributed by atoms with E-state index in [2.05, 4.69) is 26.5 Å². The number of para-hydroxylation sites is 2. The van der Waals surface area contributed by atoms with Crippen LogP contribution < -0.4 is 10.1 Å². The predicted molar refractivity (Wildman–Crippen MR) is 147 cm³/mol. The van der Waals surface area contributed by atoms with Gasteiger partial charge in [-0.1, -0.05) is 18.7 Å². The van der Waals surface area contributed by atoms with E-state index >= 15 is 0 Å². The average molecular weight is 526 g/mol. The fourth-order valence-electron chi connectivity index (χ4n) is 5.59. The van der Waals surface area contributed by atoms with Crippen molar-refractivity contribution in [3.8, 4) is 17.1 Å². The molecule has 1 saturated heterocycles. The molecule has 0 aliphatic carbocycles. The lowest BCUT2D eigenvalue weighted by Gasteiger charge is -2.43. The number of rotatable bonds is 2. The maximum atomic E-state index is 13.6. The third-order valence-corrected chi connectivity index (χ3v) is 7.69. The molecule has 1 atom stereocenters. The molecule has 39 heavy (non-hydrogen) atoms. The van der Waals surface area contributed by atoms with E-state index in [0.717, 1.165) is 29.4 Å². The molecule has 0 unspecified atom stereocenters. The quantitative estimate of drug-likeness (QED) is 0.399. The molecule has 1 aromatic carbocycles. The van der Waals surface area contributed by atoms with E-state index in [1.807, 2.05) is 43.1 Å². The third-order valence-electron chi connectivity index (χ3n) is 7.69. The fourth-order valence-corrected chi connectivity index (χ4v) is 5.59. The number of benzene rings is 1. The van der Waals surface area contributed by atoms with Crippen molar-refractivity contribution in [2.24, 2.45) is 18.9 Å². The van der Waals surface area contributed by atoms with Gasteiger partial charge in [-0.3, -0.25) is 19.9 Å². The summed E-state index contributed by atoms with van der Waals surface area (Å²) in [4.78, 5) is 37.0. The molecule has 3 aromatic heterocycles. The van der Waals surface area contributed by atoms with Crippen molar-refractivity contribution in [3.05, 3.63) is 66.5 Å². The Morgan fingerprint density at radius 1 is 1.15 bits per heavy atom. The minimum absolute atomic E-state index is 0.0397. The van der Waals surface area contributed by atoms with Crippen molar-refractivity contribution in [3.63, 3.8) is 0 Å². The summed E-state index contributed by atoms with van der Waals surface area (Å²) in [6.45, 7) is 8.04. The molecule has 1 fully saturated rings. The van der Waals surface area contributed by atoms with Gasteiger partial charge in [0.15, 0.2) is 0 Å². The highest BCUT2D eigenvalue weighted by Gasteiger charge is 2.36. The van der Waals surface area contributed by atoms with Gasteiger partial charge < -0.3 is 14.2 Å². The number of amides is 2. The van der Waals surface area contributed by atoms with E-state index in [1.54, 1.807) is 23.0 Å². The Balaban J connectivity index is 1.40. The first-order valence-electron chi connectivity index (χ1n) is 13.2. The Labute approximate surface area is 226 Å². The zero-order valence-corrected chi connectivity index (χ0v) is 22.1. The van der Waals surface area contributed by atoms with Crippen molar-refractivity contribution in [1.29, 1.82) is 0 Å². The van der Waals surface area contributed by atoms with Gasteiger partial charge in [0.2, 0.25) is 17.7 Å². The number of carbonyl (C=O) groups is 2. The molecule has 1 N–H and O–H groups in total. The van der Waals surface area contributed by atoms with Gasteiger partial charge in [0.1, 0.15) is 0 Å². The highest BCUT2D eigenvalue weighted by atomic mass is 16.5. The van der Waals surface area contributed by atoms with Crippen molar-refractivity contribution >= 4 is 28.8 Å². The molecule has 10 heteroatoms. The van der Waals surface area contributed by atoms with Crippen molar-refractivity contribution in [2.45, 2.75) is 26.3 Å². The second-order valence-corrected chi connectivity index (χ2v) is 10.3. The van der Waals surface area contributed by atoms with Crippen molar-refractivity contribution < 1.29 is 14.3 Å². The van der Waals surface area contributed by atoms with Gasteiger partial charge in [-0.15, -0.1) is 0 Å². The Bertz CT molecular complexity index is 1580. The maximum absolute atomic E-state index is 13.6. The first kappa shape index (κ1) is 24.8. The average Bonchev–Trinajstić information content (AvgIpc) is 3.44. The maximum Gasteiger partial charge on any atom is 0.258 e. The van der Waals surface area contributed by atoms with Gasteiger partial charge in [-0.25, -0.2) is 9.67 Å². The molecule has 2 aliphatic rings. The van der Waals surface area contributed by atoms with Crippen LogP contribution in [0.3, 0.4) is 0 Å². The van der Waals surface area contributed by atoms with Gasteiger partial charge in [-0.05, 0) is 61.9 Å². The van der Waals surface area contributed by atoms with Gasteiger partial charge in [0.25, 0.3) is 5.91 Å². The number of imidazole rings is 1. The number of fused-ring (bicyclic) bond motifs is 7. The lowest BCUT2D eigenvalue weighted by atomic mass is 9.82. The second-order valence-electron chi connectivity index (χ2n) is 10.3. The van der Waals surface area contributed by atoms with Crippen LogP contribution in [0.2, 0.25) is 0 Å². The highest BCUT2D eigenvalue weighted by Crippen LogP contribution is 2.33. The van der Waals surface area contributed by atoms with E-state index in [4.69, 9.17) is 9.72 Å². The first-order valence-corrected chi connectivity index (χ1v) is 13.2. The summed E-state index contributed by atoms with van der Waals surface area (Å²) in [6.07, 6.45) is 4.80. The standard InChI is InChI=1S/C29H31N7O3/c1-4-26(37)35-15-21(16-35)19-8-7-11-39-28-22(14-30-34(28)3)24-13-20(12-18(2)31-24)27(38)33-29-32-23-9-5-6-10-25(23)36(29)17-19/h4-6,9-10,12-14,19,21H,1,7-8,11,15-17H2,2-3H3,(H,32,33,38)/t19-/m1/s1. The monoisotopic (exact) mass is 525 g/mol. The van der Waals surface area contributed by atoms with Crippen LogP contribution in [0.4, 0.5) is 5.95 Å². The number of pyridine rings is 1. The van der Waals surface area contributed by atoms with Crippen LogP contribution in [0.5, 0.6) is 5.88 Å². The van der Waals surface area contributed by atoms with Gasteiger partial charge in [-0.2, -0.15) is 5.10 Å². The lowest BCUT2D eigenvalue weighted by Crippen LogP contribution is -2.52. The molecule has 2 bridgehead atoms. The van der Waals surface area contributed by atoms with Crippen LogP contribution in [0.25, 0.3) is 22.3 Å². The van der Waals surface area contributed by atoms with Crippen LogP contribution in [0.15, 0.2) is 55.3 Å². The van der Waals surface area contributed by atoms with E-state index in [0.29, 0.717) is 60.9 Å². The van der Waals surface area contributed by atoms with Crippen molar-refractivity contribution in [2.75, 3.05) is 25.0 Å². The minimum Gasteiger partial charge on any atom is -0.477 e. The van der Waals surface area contributed by atoms with Crippen molar-refractivity contribution in [1.82, 2.24) is 29.2 Å². The number of carbonyl (C=O) groups excluding carboxylic acids is 2. The summed E-state index contributed by atoms with van der Waals surface area (Å²) >= 11 is 0. The number of aromatic nitrogens is 5. The Morgan fingerprint density at radius 2 is 1.97 bits per heavy atom. The zero-order valence-electron chi connectivity index (χ0n) is 22.1. The molecule has 200 valence electrons. The van der Waals surface area contributed by atoms with Gasteiger partial charge >= 0.3 is 0 Å². The van der Waals surface area contributed by atoms with Crippen LogP contribution in [-0.2, 0) is 18.4 Å². The molecule has 10 nitrogen and oxygen atoms in total. The number of nitrogens with zero attached hydrogens (tertiary/aromatic N) is 6. The number of ether oxygens (including phenoxy) is 1. The molecule has 2 aliphatic heterocycles. The summed E-state index contributed by atoms with van der Waals surface area (Å²) in [5.74, 6) is 1.40. The van der Waals surface area contributed by atoms with Crippen LogP contribution >= 0.6 is 0 Å². The largest absolute Gasteiger partial charge is 0.477 e. The Morgan fingerprint density at radius 3 is 2.79 bits per heavy atom. The van der Waals surface area contributed by atoms with Crippen LogP contribution in [0, 0.1) is 18.8 Å². The predicted octanol–water partition coefficient (Wildman–Crippen LogP) is 3.83.